The predicted molar refractivity (Wildman–Crippen MR) is 133 cm³/mol. The number of benzene rings is 2. The van der Waals surface area contributed by atoms with Gasteiger partial charge in [0.2, 0.25) is 0 Å². The molecular weight excluding hydrogens is 446 g/mol. The van der Waals surface area contributed by atoms with Crippen molar-refractivity contribution in [3.8, 4) is 0 Å². The number of dihydropyridines is 1. The van der Waals surface area contributed by atoms with Crippen molar-refractivity contribution in [2.24, 2.45) is 11.3 Å². The van der Waals surface area contributed by atoms with E-state index in [0.29, 0.717) is 34.9 Å². The molecule has 3 atom stereocenters. The lowest BCUT2D eigenvalue weighted by atomic mass is 9.53. The van der Waals surface area contributed by atoms with Crippen LogP contribution in [0.5, 0.6) is 0 Å². The number of nitrogens with one attached hydrogen (secondary N) is 1. The number of allylic oxidation sites excluding steroid dienone is 3. The van der Waals surface area contributed by atoms with E-state index in [1.165, 1.54) is 6.42 Å². The lowest BCUT2D eigenvalue weighted by molar-refractivity contribution is -0.139. The normalized spacial score (nSPS) is 26.1. The van der Waals surface area contributed by atoms with E-state index >= 15 is 0 Å². The Morgan fingerprint density at radius 1 is 1.15 bits per heavy atom. The van der Waals surface area contributed by atoms with Gasteiger partial charge in [-0.05, 0) is 60.8 Å². The van der Waals surface area contributed by atoms with Crippen molar-refractivity contribution >= 4 is 23.4 Å². The van der Waals surface area contributed by atoms with Crippen LogP contribution < -0.4 is 5.32 Å². The van der Waals surface area contributed by atoms with Crippen LogP contribution in [-0.2, 0) is 20.7 Å². The first-order valence-electron chi connectivity index (χ1n) is 12.1. The fraction of sp³-hybridized carbons (Fsp3) is 0.379. The molecular formula is C29H30ClNO3. The van der Waals surface area contributed by atoms with Crippen molar-refractivity contribution < 1.29 is 14.3 Å². The SMILES string of the molecule is CC1=C(C(=O)OCCc2ccccc2)C(c2cccc(Cl)c2)C2=C(CC3(CC[C@H]3C)CC2=O)N1. The average Bonchev–Trinajstić information content (AvgIpc) is 2.82. The van der Waals surface area contributed by atoms with E-state index in [-0.39, 0.29) is 23.8 Å². The lowest BCUT2D eigenvalue weighted by Gasteiger charge is -2.52. The summed E-state index contributed by atoms with van der Waals surface area (Å²) in [6.45, 7) is 4.44. The van der Waals surface area contributed by atoms with Gasteiger partial charge in [-0.3, -0.25) is 4.79 Å². The molecule has 0 radical (unpaired) electrons. The maximum atomic E-state index is 13.6. The van der Waals surface area contributed by atoms with Crippen molar-refractivity contribution in [3.05, 3.63) is 93.3 Å². The van der Waals surface area contributed by atoms with E-state index in [9.17, 15) is 9.59 Å². The zero-order valence-electron chi connectivity index (χ0n) is 19.7. The van der Waals surface area contributed by atoms with Crippen LogP contribution in [-0.4, -0.2) is 18.4 Å². The molecule has 2 unspecified atom stereocenters. The van der Waals surface area contributed by atoms with E-state index in [1.54, 1.807) is 0 Å². The summed E-state index contributed by atoms with van der Waals surface area (Å²) in [6, 6.07) is 17.4. The van der Waals surface area contributed by atoms with Crippen molar-refractivity contribution in [3.63, 3.8) is 0 Å². The summed E-state index contributed by atoms with van der Waals surface area (Å²) in [5.74, 6) is -0.195. The number of hydrogen-bond acceptors (Lipinski definition) is 4. The van der Waals surface area contributed by atoms with Crippen LogP contribution in [0.4, 0.5) is 0 Å². The van der Waals surface area contributed by atoms with Crippen LogP contribution in [0.1, 0.15) is 56.6 Å². The first kappa shape index (κ1) is 22.9. The molecule has 0 amide bonds. The van der Waals surface area contributed by atoms with Gasteiger partial charge in [-0.2, -0.15) is 0 Å². The zero-order chi connectivity index (χ0) is 23.9. The number of ether oxygens (including phenoxy) is 1. The fourth-order valence-electron chi connectivity index (χ4n) is 5.84. The first-order valence-corrected chi connectivity index (χ1v) is 12.5. The molecule has 0 saturated heterocycles. The quantitative estimate of drug-likeness (QED) is 0.529. The summed E-state index contributed by atoms with van der Waals surface area (Å²) < 4.78 is 5.74. The minimum absolute atomic E-state index is 0.0514. The Labute approximate surface area is 206 Å². The Morgan fingerprint density at radius 3 is 2.62 bits per heavy atom. The van der Waals surface area contributed by atoms with Crippen LogP contribution in [0.2, 0.25) is 5.02 Å². The van der Waals surface area contributed by atoms with Gasteiger partial charge in [-0.15, -0.1) is 0 Å². The van der Waals surface area contributed by atoms with Crippen molar-refractivity contribution in [2.45, 2.75) is 51.9 Å². The molecule has 1 heterocycles. The summed E-state index contributed by atoms with van der Waals surface area (Å²) in [5.41, 5.74) is 4.93. The summed E-state index contributed by atoms with van der Waals surface area (Å²) >= 11 is 6.34. The van der Waals surface area contributed by atoms with Crippen LogP contribution in [0.3, 0.4) is 0 Å². The van der Waals surface area contributed by atoms with E-state index in [2.05, 4.69) is 12.2 Å². The molecule has 3 aliphatic rings. The molecule has 1 fully saturated rings. The van der Waals surface area contributed by atoms with E-state index in [0.717, 1.165) is 35.4 Å². The highest BCUT2D eigenvalue weighted by atomic mass is 35.5. The molecule has 5 heteroatoms. The average molecular weight is 476 g/mol. The second-order valence-corrected chi connectivity index (χ2v) is 10.4. The monoisotopic (exact) mass is 475 g/mol. The zero-order valence-corrected chi connectivity index (χ0v) is 20.5. The van der Waals surface area contributed by atoms with E-state index in [4.69, 9.17) is 16.3 Å². The third kappa shape index (κ3) is 4.09. The van der Waals surface area contributed by atoms with Crippen molar-refractivity contribution in [1.29, 1.82) is 0 Å². The predicted octanol–water partition coefficient (Wildman–Crippen LogP) is 6.12. The topological polar surface area (TPSA) is 55.4 Å². The summed E-state index contributed by atoms with van der Waals surface area (Å²) in [7, 11) is 0. The smallest absolute Gasteiger partial charge is 0.336 e. The van der Waals surface area contributed by atoms with Gasteiger partial charge in [0.25, 0.3) is 0 Å². The van der Waals surface area contributed by atoms with Crippen LogP contribution in [0.15, 0.2) is 77.1 Å². The molecule has 0 aromatic heterocycles. The standard InChI is InChI=1S/C29H30ClNO3/c1-18-11-13-29(18)16-23-27(24(32)17-29)26(21-9-6-10-22(30)15-21)25(19(2)31-23)28(33)34-14-12-20-7-4-3-5-8-20/h3-10,15,18,26,31H,11-14,16-17H2,1-2H3/t18-,26?,29?/m1/s1. The van der Waals surface area contributed by atoms with Crippen LogP contribution in [0, 0.1) is 11.3 Å². The number of ketones is 1. The molecule has 2 aromatic carbocycles. The Balaban J connectivity index is 1.47. The van der Waals surface area contributed by atoms with Gasteiger partial charge >= 0.3 is 5.97 Å². The van der Waals surface area contributed by atoms with Gasteiger partial charge in [0.1, 0.15) is 0 Å². The number of Topliss-reactive ketones (excluding diaryl/α,β-unsaturated/α-hetero) is 1. The maximum absolute atomic E-state index is 13.6. The highest BCUT2D eigenvalue weighted by molar-refractivity contribution is 6.30. The molecule has 2 aliphatic carbocycles. The molecule has 1 spiro atoms. The third-order valence-electron chi connectivity index (χ3n) is 7.98. The molecule has 1 N–H and O–H groups in total. The summed E-state index contributed by atoms with van der Waals surface area (Å²) in [5, 5.41) is 4.03. The van der Waals surface area contributed by atoms with Gasteiger partial charge in [-0.1, -0.05) is 61.0 Å². The van der Waals surface area contributed by atoms with Crippen LogP contribution >= 0.6 is 11.6 Å². The highest BCUT2D eigenvalue weighted by Gasteiger charge is 2.52. The second-order valence-electron chi connectivity index (χ2n) is 9.99. The Morgan fingerprint density at radius 2 is 1.94 bits per heavy atom. The van der Waals surface area contributed by atoms with Gasteiger partial charge in [0.05, 0.1) is 12.2 Å². The van der Waals surface area contributed by atoms with Crippen LogP contribution in [0.25, 0.3) is 0 Å². The number of carbonyl (C=O) groups is 2. The van der Waals surface area contributed by atoms with Crippen molar-refractivity contribution in [1.82, 2.24) is 5.32 Å². The first-order chi connectivity index (χ1) is 16.4. The largest absolute Gasteiger partial charge is 0.462 e. The number of carbonyl (C=O) groups excluding carboxylic acids is 2. The molecule has 34 heavy (non-hydrogen) atoms. The highest BCUT2D eigenvalue weighted by Crippen LogP contribution is 2.58. The minimum atomic E-state index is -0.473. The van der Waals surface area contributed by atoms with E-state index in [1.807, 2.05) is 61.5 Å². The molecule has 4 nitrogen and oxygen atoms in total. The van der Waals surface area contributed by atoms with Crippen molar-refractivity contribution in [2.75, 3.05) is 6.61 Å². The molecule has 1 saturated carbocycles. The van der Waals surface area contributed by atoms with Gasteiger partial charge < -0.3 is 10.1 Å². The Kier molecular flexibility index (Phi) is 6.11. The molecule has 0 bridgehead atoms. The summed E-state index contributed by atoms with van der Waals surface area (Å²) in [6.07, 6.45) is 4.28. The second kappa shape index (κ2) is 9.07. The molecule has 176 valence electrons. The number of halogens is 1. The minimum Gasteiger partial charge on any atom is -0.462 e. The Hall–Kier alpha value is -2.85. The molecule has 2 aromatic rings. The molecule has 1 aliphatic heterocycles. The van der Waals surface area contributed by atoms with E-state index < -0.39 is 5.92 Å². The number of rotatable bonds is 5. The van der Waals surface area contributed by atoms with Gasteiger partial charge in [0, 0.05) is 40.7 Å². The summed E-state index contributed by atoms with van der Waals surface area (Å²) in [4.78, 5) is 27.0. The fourth-order valence-corrected chi connectivity index (χ4v) is 6.03. The Bertz CT molecular complexity index is 1200. The third-order valence-corrected chi connectivity index (χ3v) is 8.21. The number of esters is 1. The van der Waals surface area contributed by atoms with Gasteiger partial charge in [-0.25, -0.2) is 4.79 Å². The lowest BCUT2D eigenvalue weighted by Crippen LogP contribution is -2.47. The molecule has 5 rings (SSSR count). The maximum Gasteiger partial charge on any atom is 0.336 e. The van der Waals surface area contributed by atoms with Gasteiger partial charge in [0.15, 0.2) is 5.78 Å². The number of hydrogen-bond donors (Lipinski definition) is 1.